The van der Waals surface area contributed by atoms with Crippen molar-refractivity contribution in [2.75, 3.05) is 0 Å². The van der Waals surface area contributed by atoms with E-state index in [1.807, 2.05) is 0 Å². The summed E-state index contributed by atoms with van der Waals surface area (Å²) in [5.41, 5.74) is 7.17. The molecule has 2 aromatic rings. The molecular weight excluding hydrogens is 264 g/mol. The maximum atomic E-state index is 2.44. The average Bonchev–Trinajstić information content (AvgIpc) is 3.16. The van der Waals surface area contributed by atoms with Crippen molar-refractivity contribution in [2.45, 2.75) is 19.3 Å². The molecule has 0 radical (unpaired) electrons. The van der Waals surface area contributed by atoms with Crippen LogP contribution in [0.3, 0.4) is 0 Å². The summed E-state index contributed by atoms with van der Waals surface area (Å²) in [7, 11) is 0. The van der Waals surface area contributed by atoms with Gasteiger partial charge in [0.05, 0.1) is 0 Å². The molecule has 0 heterocycles. The molecule has 1 atom stereocenters. The molecule has 1 fully saturated rings. The van der Waals surface area contributed by atoms with Crippen LogP contribution >= 0.6 is 0 Å². The molecule has 0 nitrogen and oxygen atoms in total. The van der Waals surface area contributed by atoms with Crippen molar-refractivity contribution in [3.05, 3.63) is 95.1 Å². The van der Waals surface area contributed by atoms with E-state index in [1.54, 1.807) is 5.57 Å². The number of allylic oxidation sites excluding steroid dienone is 5. The third kappa shape index (κ3) is 2.46. The van der Waals surface area contributed by atoms with E-state index >= 15 is 0 Å². The Hall–Kier alpha value is -2.34. The fourth-order valence-electron chi connectivity index (χ4n) is 3.68. The third-order valence-corrected chi connectivity index (χ3v) is 4.76. The van der Waals surface area contributed by atoms with Crippen molar-refractivity contribution < 1.29 is 0 Å². The summed E-state index contributed by atoms with van der Waals surface area (Å²) < 4.78 is 0. The van der Waals surface area contributed by atoms with Gasteiger partial charge in [-0.3, -0.25) is 0 Å². The molecule has 0 heteroatoms. The van der Waals surface area contributed by atoms with Gasteiger partial charge in [-0.05, 0) is 41.5 Å². The summed E-state index contributed by atoms with van der Waals surface area (Å²) in [6.07, 6.45) is 10.9. The molecule has 108 valence electrons. The van der Waals surface area contributed by atoms with E-state index in [-0.39, 0.29) is 0 Å². The van der Waals surface area contributed by atoms with Gasteiger partial charge in [-0.25, -0.2) is 0 Å². The van der Waals surface area contributed by atoms with Crippen LogP contribution in [0, 0.1) is 5.92 Å². The molecule has 0 spiro atoms. The molecule has 2 aromatic carbocycles. The van der Waals surface area contributed by atoms with Gasteiger partial charge in [0.25, 0.3) is 0 Å². The van der Waals surface area contributed by atoms with Crippen LogP contribution in [-0.4, -0.2) is 0 Å². The van der Waals surface area contributed by atoms with Crippen molar-refractivity contribution in [1.29, 1.82) is 0 Å². The zero-order valence-corrected chi connectivity index (χ0v) is 12.7. The van der Waals surface area contributed by atoms with E-state index in [0.29, 0.717) is 5.92 Å². The third-order valence-electron chi connectivity index (χ3n) is 4.76. The van der Waals surface area contributed by atoms with Crippen LogP contribution in [0.2, 0.25) is 0 Å². The van der Waals surface area contributed by atoms with Crippen LogP contribution in [0.15, 0.2) is 84.0 Å². The van der Waals surface area contributed by atoms with Crippen molar-refractivity contribution in [2.24, 2.45) is 5.92 Å². The Morgan fingerprint density at radius 2 is 1.55 bits per heavy atom. The first-order valence-corrected chi connectivity index (χ1v) is 8.15. The van der Waals surface area contributed by atoms with Crippen molar-refractivity contribution in [1.82, 2.24) is 0 Å². The lowest BCUT2D eigenvalue weighted by atomic mass is 9.94. The number of fused-ring (bicyclic) bond motifs is 1. The largest absolute Gasteiger partial charge is 0.0622 e. The smallest absolute Gasteiger partial charge is 0.00577 e. The Morgan fingerprint density at radius 3 is 2.32 bits per heavy atom. The fourth-order valence-corrected chi connectivity index (χ4v) is 3.68. The Bertz CT molecular complexity index is 745. The predicted octanol–water partition coefficient (Wildman–Crippen LogP) is 5.89. The molecule has 0 saturated heterocycles. The summed E-state index contributed by atoms with van der Waals surface area (Å²) in [5.74, 6) is 0.648. The van der Waals surface area contributed by atoms with Gasteiger partial charge in [-0.1, -0.05) is 84.5 Å². The second kappa shape index (κ2) is 5.81. The quantitative estimate of drug-likeness (QED) is 0.659. The molecule has 0 N–H and O–H groups in total. The maximum Gasteiger partial charge on any atom is 0.00577 e. The zero-order chi connectivity index (χ0) is 14.8. The number of rotatable bonds is 3. The van der Waals surface area contributed by atoms with Gasteiger partial charge < -0.3 is 0 Å². The van der Waals surface area contributed by atoms with E-state index in [2.05, 4.69) is 78.9 Å². The predicted molar refractivity (Wildman–Crippen MR) is 94.3 cm³/mol. The van der Waals surface area contributed by atoms with Gasteiger partial charge in [-0.15, -0.1) is 0 Å². The van der Waals surface area contributed by atoms with Crippen LogP contribution in [0.25, 0.3) is 11.6 Å². The molecule has 2 aliphatic carbocycles. The number of benzene rings is 2. The van der Waals surface area contributed by atoms with Crippen molar-refractivity contribution >= 4 is 11.6 Å². The zero-order valence-electron chi connectivity index (χ0n) is 12.7. The molecule has 1 unspecified atom stereocenters. The molecule has 22 heavy (non-hydrogen) atoms. The van der Waals surface area contributed by atoms with Crippen LogP contribution in [0.5, 0.6) is 0 Å². The summed E-state index contributed by atoms with van der Waals surface area (Å²) in [6, 6.07) is 21.4. The molecular formula is C22H20. The molecule has 2 aliphatic rings. The summed E-state index contributed by atoms with van der Waals surface area (Å²) in [4.78, 5) is 0. The Morgan fingerprint density at radius 1 is 0.818 bits per heavy atom. The highest BCUT2D eigenvalue weighted by atomic mass is 14.3. The summed E-state index contributed by atoms with van der Waals surface area (Å²) in [6.45, 7) is 0. The minimum atomic E-state index is 0.648. The van der Waals surface area contributed by atoms with E-state index < -0.39 is 0 Å². The molecule has 4 rings (SSSR count). The molecule has 0 aliphatic heterocycles. The van der Waals surface area contributed by atoms with Gasteiger partial charge in [0.1, 0.15) is 0 Å². The lowest BCUT2D eigenvalue weighted by Gasteiger charge is -2.10. The Labute approximate surface area is 132 Å². The van der Waals surface area contributed by atoms with Crippen LogP contribution < -0.4 is 0 Å². The molecule has 0 bridgehead atoms. The van der Waals surface area contributed by atoms with Gasteiger partial charge in [0.2, 0.25) is 0 Å². The monoisotopic (exact) mass is 284 g/mol. The van der Waals surface area contributed by atoms with Crippen LogP contribution in [0.1, 0.15) is 30.4 Å². The average molecular weight is 284 g/mol. The normalized spacial score (nSPS) is 20.5. The number of hydrogen-bond acceptors (Lipinski definition) is 0. The minimum Gasteiger partial charge on any atom is -0.0622 e. The highest BCUT2D eigenvalue weighted by Crippen LogP contribution is 2.46. The van der Waals surface area contributed by atoms with E-state index in [9.17, 15) is 0 Å². The molecule has 0 aromatic heterocycles. The topological polar surface area (TPSA) is 0 Å². The highest BCUT2D eigenvalue weighted by Gasteiger charge is 2.30. The van der Waals surface area contributed by atoms with E-state index in [1.165, 1.54) is 41.5 Å². The van der Waals surface area contributed by atoms with Crippen molar-refractivity contribution in [3.63, 3.8) is 0 Å². The molecule has 1 saturated carbocycles. The number of hydrogen-bond donors (Lipinski definition) is 0. The molecule has 0 amide bonds. The second-order valence-electron chi connectivity index (χ2n) is 6.14. The highest BCUT2D eigenvalue weighted by molar-refractivity contribution is 5.84. The first-order chi connectivity index (χ1) is 10.9. The lowest BCUT2D eigenvalue weighted by molar-refractivity contribution is 0.748. The first kappa shape index (κ1) is 13.3. The van der Waals surface area contributed by atoms with E-state index in [4.69, 9.17) is 0 Å². The maximum absolute atomic E-state index is 2.44. The van der Waals surface area contributed by atoms with Crippen LogP contribution in [-0.2, 0) is 0 Å². The van der Waals surface area contributed by atoms with Gasteiger partial charge in [0, 0.05) is 5.92 Å². The minimum absolute atomic E-state index is 0.648. The Kier molecular flexibility index (Phi) is 3.52. The van der Waals surface area contributed by atoms with E-state index in [0.717, 1.165) is 0 Å². The van der Waals surface area contributed by atoms with Gasteiger partial charge in [-0.2, -0.15) is 0 Å². The first-order valence-electron chi connectivity index (χ1n) is 8.15. The Balaban J connectivity index is 1.74. The second-order valence-corrected chi connectivity index (χ2v) is 6.14. The summed E-state index contributed by atoms with van der Waals surface area (Å²) in [5, 5.41) is 0. The van der Waals surface area contributed by atoms with Crippen LogP contribution in [0.4, 0.5) is 0 Å². The fraction of sp³-hybridized carbons (Fsp3) is 0.182. The van der Waals surface area contributed by atoms with Gasteiger partial charge >= 0.3 is 0 Å². The van der Waals surface area contributed by atoms with Crippen molar-refractivity contribution in [3.8, 4) is 0 Å². The SMILES string of the molecule is C1=C2CCCC2C(/C=C/c2ccccc2)=C1c1ccccc1. The van der Waals surface area contributed by atoms with Gasteiger partial charge in [0.15, 0.2) is 0 Å². The summed E-state index contributed by atoms with van der Waals surface area (Å²) >= 11 is 0. The standard InChI is InChI=1S/C22H20/c1-3-8-17(9-4-1)14-15-21-20-13-7-12-19(20)16-22(21)18-10-5-2-6-11-18/h1-6,8-11,14-16,20H,7,12-13H2/b15-14+. The lowest BCUT2D eigenvalue weighted by Crippen LogP contribution is -1.95.